The molecule has 0 aromatic heterocycles. The third-order valence-corrected chi connectivity index (χ3v) is 4.51. The van der Waals surface area contributed by atoms with Crippen LogP contribution in [0.2, 0.25) is 5.02 Å². The lowest BCUT2D eigenvalue weighted by Gasteiger charge is -2.15. The third kappa shape index (κ3) is 5.59. The summed E-state index contributed by atoms with van der Waals surface area (Å²) in [7, 11) is 0. The monoisotopic (exact) mass is 408 g/mol. The van der Waals surface area contributed by atoms with Crippen LogP contribution >= 0.6 is 11.6 Å². The van der Waals surface area contributed by atoms with E-state index in [2.05, 4.69) is 10.6 Å². The topological polar surface area (TPSA) is 67.4 Å². The Balaban J connectivity index is 1.57. The first-order chi connectivity index (χ1) is 13.9. The fourth-order valence-electron chi connectivity index (χ4n) is 2.65. The minimum Gasteiger partial charge on any atom is -0.479 e. The number of anilines is 2. The van der Waals surface area contributed by atoms with Crippen LogP contribution in [0.3, 0.4) is 0 Å². The van der Waals surface area contributed by atoms with E-state index in [-0.39, 0.29) is 11.8 Å². The number of rotatable bonds is 6. The van der Waals surface area contributed by atoms with E-state index < -0.39 is 6.10 Å². The smallest absolute Gasteiger partial charge is 0.265 e. The van der Waals surface area contributed by atoms with Gasteiger partial charge in [0.1, 0.15) is 5.75 Å². The number of aryl methyl sites for hydroxylation is 1. The summed E-state index contributed by atoms with van der Waals surface area (Å²) in [6, 6.07) is 21.2. The molecule has 0 aliphatic carbocycles. The van der Waals surface area contributed by atoms with Crippen molar-refractivity contribution in [3.8, 4) is 5.75 Å². The number of halogens is 1. The van der Waals surface area contributed by atoms with Gasteiger partial charge in [0.15, 0.2) is 6.10 Å². The van der Waals surface area contributed by atoms with Crippen LogP contribution in [0.4, 0.5) is 11.4 Å². The van der Waals surface area contributed by atoms with E-state index in [0.717, 1.165) is 5.56 Å². The summed E-state index contributed by atoms with van der Waals surface area (Å²) >= 11 is 6.05. The Kier molecular flexibility index (Phi) is 6.52. The number of benzene rings is 3. The molecule has 0 heterocycles. The molecule has 0 fully saturated rings. The summed E-state index contributed by atoms with van der Waals surface area (Å²) in [5, 5.41) is 6.06. The van der Waals surface area contributed by atoms with Crippen LogP contribution in [0.15, 0.2) is 72.8 Å². The van der Waals surface area contributed by atoms with Crippen molar-refractivity contribution in [1.82, 2.24) is 0 Å². The van der Waals surface area contributed by atoms with Gasteiger partial charge in [0.25, 0.3) is 11.8 Å². The molecule has 148 valence electrons. The molecular formula is C23H21ClN2O3. The summed E-state index contributed by atoms with van der Waals surface area (Å²) < 4.78 is 5.61. The van der Waals surface area contributed by atoms with E-state index in [9.17, 15) is 9.59 Å². The second-order valence-electron chi connectivity index (χ2n) is 6.58. The molecule has 1 atom stereocenters. The van der Waals surface area contributed by atoms with Crippen molar-refractivity contribution >= 4 is 34.8 Å². The van der Waals surface area contributed by atoms with E-state index in [1.165, 1.54) is 0 Å². The minimum absolute atomic E-state index is 0.188. The molecule has 2 N–H and O–H groups in total. The molecule has 6 heteroatoms. The van der Waals surface area contributed by atoms with Crippen LogP contribution in [-0.4, -0.2) is 17.9 Å². The zero-order valence-electron chi connectivity index (χ0n) is 16.1. The summed E-state index contributed by atoms with van der Waals surface area (Å²) in [6.45, 7) is 3.58. The highest BCUT2D eigenvalue weighted by atomic mass is 35.5. The van der Waals surface area contributed by atoms with Crippen molar-refractivity contribution < 1.29 is 14.3 Å². The van der Waals surface area contributed by atoms with E-state index in [1.54, 1.807) is 61.5 Å². The van der Waals surface area contributed by atoms with Gasteiger partial charge in [-0.25, -0.2) is 0 Å². The second-order valence-corrected chi connectivity index (χ2v) is 6.99. The van der Waals surface area contributed by atoms with Crippen LogP contribution in [0.5, 0.6) is 5.75 Å². The Hall–Kier alpha value is -3.31. The molecule has 0 saturated heterocycles. The number of ether oxygens (including phenoxy) is 1. The van der Waals surface area contributed by atoms with Gasteiger partial charge in [-0.1, -0.05) is 41.4 Å². The van der Waals surface area contributed by atoms with Gasteiger partial charge in [-0.2, -0.15) is 0 Å². The van der Waals surface area contributed by atoms with Crippen LogP contribution in [-0.2, 0) is 4.79 Å². The maximum absolute atomic E-state index is 12.4. The largest absolute Gasteiger partial charge is 0.479 e. The number of para-hydroxylation sites is 1. The fraction of sp³-hybridized carbons (Fsp3) is 0.130. The van der Waals surface area contributed by atoms with Gasteiger partial charge >= 0.3 is 0 Å². The Bertz CT molecular complexity index is 1020. The zero-order chi connectivity index (χ0) is 20.8. The van der Waals surface area contributed by atoms with Crippen molar-refractivity contribution in [2.75, 3.05) is 10.6 Å². The number of carbonyl (C=O) groups excluding carboxylic acids is 2. The average Bonchev–Trinajstić information content (AvgIpc) is 2.71. The fourth-order valence-corrected chi connectivity index (χ4v) is 2.83. The molecule has 0 radical (unpaired) electrons. The maximum atomic E-state index is 12.4. The van der Waals surface area contributed by atoms with Crippen LogP contribution in [0.25, 0.3) is 0 Å². The van der Waals surface area contributed by atoms with Crippen molar-refractivity contribution in [2.24, 2.45) is 0 Å². The zero-order valence-corrected chi connectivity index (χ0v) is 16.9. The third-order valence-electron chi connectivity index (χ3n) is 4.20. The Morgan fingerprint density at radius 2 is 1.55 bits per heavy atom. The Morgan fingerprint density at radius 3 is 2.21 bits per heavy atom. The molecule has 2 amide bonds. The van der Waals surface area contributed by atoms with Crippen molar-refractivity contribution in [1.29, 1.82) is 0 Å². The molecule has 0 spiro atoms. The molecule has 29 heavy (non-hydrogen) atoms. The van der Waals surface area contributed by atoms with Gasteiger partial charge in [-0.3, -0.25) is 9.59 Å². The second kappa shape index (κ2) is 9.26. The Labute approximate surface area is 174 Å². The van der Waals surface area contributed by atoms with Crippen LogP contribution in [0, 0.1) is 6.92 Å². The quantitative estimate of drug-likeness (QED) is 0.581. The lowest BCUT2D eigenvalue weighted by molar-refractivity contribution is -0.122. The lowest BCUT2D eigenvalue weighted by Crippen LogP contribution is -2.30. The van der Waals surface area contributed by atoms with E-state index in [4.69, 9.17) is 16.3 Å². The number of carbonyl (C=O) groups is 2. The van der Waals surface area contributed by atoms with Gasteiger partial charge in [0, 0.05) is 16.9 Å². The van der Waals surface area contributed by atoms with E-state index in [1.807, 2.05) is 25.1 Å². The number of nitrogens with one attached hydrogen (secondary N) is 2. The first-order valence-corrected chi connectivity index (χ1v) is 9.50. The summed E-state index contributed by atoms with van der Waals surface area (Å²) in [5.74, 6) is -0.0419. The normalized spacial score (nSPS) is 11.4. The van der Waals surface area contributed by atoms with Gasteiger partial charge in [-0.05, 0) is 62.4 Å². The predicted octanol–water partition coefficient (Wildman–Crippen LogP) is 5.31. The number of amides is 2. The van der Waals surface area contributed by atoms with E-state index in [0.29, 0.717) is 27.7 Å². The van der Waals surface area contributed by atoms with Crippen molar-refractivity contribution in [3.05, 3.63) is 88.9 Å². The van der Waals surface area contributed by atoms with Crippen LogP contribution in [0.1, 0.15) is 22.8 Å². The summed E-state index contributed by atoms with van der Waals surface area (Å²) in [5.41, 5.74) is 2.84. The van der Waals surface area contributed by atoms with Gasteiger partial charge in [0.05, 0.1) is 5.02 Å². The highest BCUT2D eigenvalue weighted by Crippen LogP contribution is 2.24. The van der Waals surface area contributed by atoms with Crippen molar-refractivity contribution in [3.63, 3.8) is 0 Å². The highest BCUT2D eigenvalue weighted by Gasteiger charge is 2.16. The molecule has 3 aromatic rings. The van der Waals surface area contributed by atoms with Crippen LogP contribution < -0.4 is 15.4 Å². The standard InChI is InChI=1S/C23H21ClN2O3/c1-15-6-5-7-17(14-15)23(28)26-19-12-10-18(11-13-19)25-22(27)16(2)29-21-9-4-3-8-20(21)24/h3-14,16H,1-2H3,(H,25,27)(H,26,28). The minimum atomic E-state index is -0.726. The van der Waals surface area contributed by atoms with Crippen molar-refractivity contribution in [2.45, 2.75) is 20.0 Å². The molecule has 0 aliphatic heterocycles. The lowest BCUT2D eigenvalue weighted by atomic mass is 10.1. The average molecular weight is 409 g/mol. The first-order valence-electron chi connectivity index (χ1n) is 9.12. The van der Waals surface area contributed by atoms with Gasteiger partial charge < -0.3 is 15.4 Å². The molecule has 3 rings (SSSR count). The summed E-state index contributed by atoms with van der Waals surface area (Å²) in [6.07, 6.45) is -0.726. The molecule has 1 unspecified atom stereocenters. The predicted molar refractivity (Wildman–Crippen MR) is 116 cm³/mol. The molecule has 5 nitrogen and oxygen atoms in total. The number of hydrogen-bond donors (Lipinski definition) is 2. The molecule has 0 saturated carbocycles. The SMILES string of the molecule is Cc1cccc(C(=O)Nc2ccc(NC(=O)C(C)Oc3ccccc3Cl)cc2)c1. The molecule has 0 bridgehead atoms. The van der Waals surface area contributed by atoms with Gasteiger partial charge in [-0.15, -0.1) is 0 Å². The number of hydrogen-bond acceptors (Lipinski definition) is 3. The van der Waals surface area contributed by atoms with Gasteiger partial charge in [0.2, 0.25) is 0 Å². The highest BCUT2D eigenvalue weighted by molar-refractivity contribution is 6.32. The molecule has 3 aromatic carbocycles. The molecular weight excluding hydrogens is 388 g/mol. The first kappa shape index (κ1) is 20.4. The maximum Gasteiger partial charge on any atom is 0.265 e. The molecule has 0 aliphatic rings. The Morgan fingerprint density at radius 1 is 0.897 bits per heavy atom. The van der Waals surface area contributed by atoms with E-state index >= 15 is 0 Å². The summed E-state index contributed by atoms with van der Waals surface area (Å²) in [4.78, 5) is 24.7.